The molecule has 3 aromatic heterocycles. The molecule has 0 bridgehead atoms. The molecule has 0 N–H and O–H groups in total. The summed E-state index contributed by atoms with van der Waals surface area (Å²) in [5.74, 6) is 0.0226. The average Bonchev–Trinajstić information content (AvgIpc) is 3.11. The highest BCUT2D eigenvalue weighted by atomic mass is 19.1. The second-order valence-corrected chi connectivity index (χ2v) is 6.15. The molecule has 0 spiro atoms. The molecule has 27 heavy (non-hydrogen) atoms. The number of piperazine rings is 1. The maximum Gasteiger partial charge on any atom is 0.287 e. The van der Waals surface area contributed by atoms with Crippen molar-refractivity contribution in [2.45, 2.75) is 0 Å². The van der Waals surface area contributed by atoms with Crippen LogP contribution in [-0.2, 0) is 0 Å². The van der Waals surface area contributed by atoms with Crippen LogP contribution >= 0.6 is 0 Å². The molecule has 3 aromatic rings. The van der Waals surface area contributed by atoms with Crippen LogP contribution in [0.3, 0.4) is 0 Å². The van der Waals surface area contributed by atoms with Crippen LogP contribution in [0.25, 0.3) is 5.65 Å². The molecule has 4 heterocycles. The fraction of sp³-hybridized carbons (Fsp3) is 0.235. The van der Waals surface area contributed by atoms with Crippen molar-refractivity contribution in [2.24, 2.45) is 0 Å². The number of aromatic nitrogens is 3. The van der Waals surface area contributed by atoms with Gasteiger partial charge in [0.25, 0.3) is 11.6 Å². The number of carbonyl (C=O) groups excluding carboxylic acids is 1. The quantitative estimate of drug-likeness (QED) is 0.515. The van der Waals surface area contributed by atoms with E-state index in [1.54, 1.807) is 11.0 Å². The van der Waals surface area contributed by atoms with Gasteiger partial charge in [0.15, 0.2) is 0 Å². The summed E-state index contributed by atoms with van der Waals surface area (Å²) in [5.41, 5.74) is 0.715. The van der Waals surface area contributed by atoms with Crippen LogP contribution in [0.15, 0.2) is 42.9 Å². The summed E-state index contributed by atoms with van der Waals surface area (Å²) in [5, 5.41) is 10.7. The number of pyridine rings is 2. The Labute approximate surface area is 152 Å². The van der Waals surface area contributed by atoms with Crippen molar-refractivity contribution in [1.82, 2.24) is 19.3 Å². The molecule has 1 aliphatic heterocycles. The minimum Gasteiger partial charge on any atom is -0.353 e. The number of hydrogen-bond donors (Lipinski definition) is 0. The van der Waals surface area contributed by atoms with E-state index in [0.717, 1.165) is 0 Å². The summed E-state index contributed by atoms with van der Waals surface area (Å²) < 4.78 is 14.8. The van der Waals surface area contributed by atoms with Crippen LogP contribution in [0.4, 0.5) is 15.9 Å². The number of nitro groups is 1. The van der Waals surface area contributed by atoms with Crippen LogP contribution in [0.1, 0.15) is 10.5 Å². The number of rotatable bonds is 3. The summed E-state index contributed by atoms with van der Waals surface area (Å²) in [6.45, 7) is 2.05. The number of anilines is 1. The molecular weight excluding hydrogens is 355 g/mol. The molecule has 0 saturated carbocycles. The summed E-state index contributed by atoms with van der Waals surface area (Å²) >= 11 is 0. The molecule has 0 unspecified atom stereocenters. The lowest BCUT2D eigenvalue weighted by molar-refractivity contribution is -0.385. The van der Waals surface area contributed by atoms with E-state index in [4.69, 9.17) is 0 Å². The maximum absolute atomic E-state index is 13.3. The van der Waals surface area contributed by atoms with Crippen molar-refractivity contribution in [2.75, 3.05) is 31.1 Å². The summed E-state index contributed by atoms with van der Waals surface area (Å²) in [6.07, 6.45) is 4.02. The second-order valence-electron chi connectivity index (χ2n) is 6.15. The highest BCUT2D eigenvalue weighted by molar-refractivity contribution is 5.93. The fourth-order valence-electron chi connectivity index (χ4n) is 3.04. The van der Waals surface area contributed by atoms with Crippen LogP contribution in [0, 0.1) is 15.9 Å². The van der Waals surface area contributed by atoms with Gasteiger partial charge in [0.2, 0.25) is 0 Å². The zero-order chi connectivity index (χ0) is 19.0. The van der Waals surface area contributed by atoms with Gasteiger partial charge in [0.05, 0.1) is 4.92 Å². The Morgan fingerprint density at radius 1 is 1.11 bits per heavy atom. The molecule has 10 heteroatoms. The SMILES string of the molecule is O=C(c1cn2cc(F)ccc2n1)N1CCN(c2ccc([N+](=O)[O-])cn2)CC1. The first-order chi connectivity index (χ1) is 13.0. The van der Waals surface area contributed by atoms with Gasteiger partial charge in [-0.1, -0.05) is 0 Å². The molecule has 138 valence electrons. The predicted molar refractivity (Wildman–Crippen MR) is 94.2 cm³/mol. The van der Waals surface area contributed by atoms with Gasteiger partial charge in [-0.25, -0.2) is 14.4 Å². The lowest BCUT2D eigenvalue weighted by Crippen LogP contribution is -2.49. The van der Waals surface area contributed by atoms with Gasteiger partial charge in [-0.15, -0.1) is 0 Å². The number of imidazole rings is 1. The normalized spacial score (nSPS) is 14.6. The van der Waals surface area contributed by atoms with Gasteiger partial charge in [-0.3, -0.25) is 14.9 Å². The van der Waals surface area contributed by atoms with Crippen molar-refractivity contribution in [3.8, 4) is 0 Å². The molecule has 0 aromatic carbocycles. The largest absolute Gasteiger partial charge is 0.353 e. The third kappa shape index (κ3) is 3.28. The Morgan fingerprint density at radius 3 is 2.56 bits per heavy atom. The number of nitrogens with zero attached hydrogens (tertiary/aromatic N) is 6. The van der Waals surface area contributed by atoms with Gasteiger partial charge in [0.1, 0.15) is 29.2 Å². The Hall–Kier alpha value is -3.56. The number of carbonyl (C=O) groups is 1. The molecule has 4 rings (SSSR count). The van der Waals surface area contributed by atoms with E-state index in [-0.39, 0.29) is 17.3 Å². The van der Waals surface area contributed by atoms with Crippen LogP contribution < -0.4 is 4.90 Å². The molecule has 0 radical (unpaired) electrons. The van der Waals surface area contributed by atoms with E-state index in [9.17, 15) is 19.3 Å². The van der Waals surface area contributed by atoms with E-state index in [0.29, 0.717) is 37.6 Å². The maximum atomic E-state index is 13.3. The molecule has 1 amide bonds. The third-order valence-electron chi connectivity index (χ3n) is 4.47. The number of fused-ring (bicyclic) bond motifs is 1. The van der Waals surface area contributed by atoms with Crippen molar-refractivity contribution in [3.05, 3.63) is 64.5 Å². The predicted octanol–water partition coefficient (Wildman–Crippen LogP) is 1.74. The average molecular weight is 370 g/mol. The number of amides is 1. The van der Waals surface area contributed by atoms with Crippen molar-refractivity contribution >= 4 is 23.1 Å². The Kier molecular flexibility index (Phi) is 4.15. The van der Waals surface area contributed by atoms with Gasteiger partial charge >= 0.3 is 0 Å². The topological polar surface area (TPSA) is 96.9 Å². The van der Waals surface area contributed by atoms with E-state index >= 15 is 0 Å². The summed E-state index contributed by atoms with van der Waals surface area (Å²) in [6, 6.07) is 5.83. The Morgan fingerprint density at radius 2 is 1.89 bits per heavy atom. The standard InChI is InChI=1S/C17H15FN6O3/c18-12-1-3-16-20-14(11-23(16)10-12)17(25)22-7-5-21(6-8-22)15-4-2-13(9-19-15)24(26)27/h1-4,9-11H,5-8H2. The van der Waals surface area contributed by atoms with Crippen molar-refractivity contribution in [3.63, 3.8) is 0 Å². The van der Waals surface area contributed by atoms with Gasteiger partial charge in [0, 0.05) is 44.6 Å². The van der Waals surface area contributed by atoms with Crippen LogP contribution in [-0.4, -0.2) is 56.3 Å². The molecular formula is C17H15FN6O3. The van der Waals surface area contributed by atoms with Crippen LogP contribution in [0.5, 0.6) is 0 Å². The van der Waals surface area contributed by atoms with Crippen molar-refractivity contribution < 1.29 is 14.1 Å². The first kappa shape index (κ1) is 16.9. The minimum atomic E-state index is -0.492. The molecule has 1 aliphatic rings. The van der Waals surface area contributed by atoms with E-state index < -0.39 is 10.7 Å². The summed E-state index contributed by atoms with van der Waals surface area (Å²) in [4.78, 5) is 34.9. The fourth-order valence-corrected chi connectivity index (χ4v) is 3.04. The first-order valence-corrected chi connectivity index (χ1v) is 8.30. The smallest absolute Gasteiger partial charge is 0.287 e. The Balaban J connectivity index is 1.43. The van der Waals surface area contributed by atoms with E-state index in [2.05, 4.69) is 9.97 Å². The zero-order valence-electron chi connectivity index (χ0n) is 14.2. The third-order valence-corrected chi connectivity index (χ3v) is 4.47. The zero-order valence-corrected chi connectivity index (χ0v) is 14.2. The van der Waals surface area contributed by atoms with E-state index in [1.165, 1.54) is 41.2 Å². The number of hydrogen-bond acceptors (Lipinski definition) is 6. The molecule has 0 atom stereocenters. The summed E-state index contributed by atoms with van der Waals surface area (Å²) in [7, 11) is 0. The van der Waals surface area contributed by atoms with Gasteiger partial charge in [-0.05, 0) is 18.2 Å². The molecule has 1 fully saturated rings. The van der Waals surface area contributed by atoms with Gasteiger partial charge in [-0.2, -0.15) is 0 Å². The Bertz CT molecular complexity index is 1010. The van der Waals surface area contributed by atoms with Crippen LogP contribution in [0.2, 0.25) is 0 Å². The molecule has 9 nitrogen and oxygen atoms in total. The monoisotopic (exact) mass is 370 g/mol. The second kappa shape index (κ2) is 6.63. The lowest BCUT2D eigenvalue weighted by atomic mass is 10.2. The van der Waals surface area contributed by atoms with Crippen molar-refractivity contribution in [1.29, 1.82) is 0 Å². The highest BCUT2D eigenvalue weighted by Crippen LogP contribution is 2.18. The lowest BCUT2D eigenvalue weighted by Gasteiger charge is -2.35. The minimum absolute atomic E-state index is 0.0594. The van der Waals surface area contributed by atoms with Gasteiger partial charge < -0.3 is 14.2 Å². The van der Waals surface area contributed by atoms with E-state index in [1.807, 2.05) is 4.90 Å². The molecule has 1 saturated heterocycles. The highest BCUT2D eigenvalue weighted by Gasteiger charge is 2.25. The molecule has 0 aliphatic carbocycles. The number of halogens is 1. The first-order valence-electron chi connectivity index (χ1n) is 8.30.